The molecule has 1 N–H and O–H groups in total. The van der Waals surface area contributed by atoms with E-state index in [4.69, 9.17) is 18.9 Å². The number of fused-ring (bicyclic) bond motifs is 1. The monoisotopic (exact) mass is 489 g/mol. The number of benzene rings is 2. The average Bonchev–Trinajstić information content (AvgIpc) is 2.87. The maximum Gasteiger partial charge on any atom is 0.357 e. The highest BCUT2D eigenvalue weighted by atomic mass is 35.5. The lowest BCUT2D eigenvalue weighted by atomic mass is 9.96. The molecule has 10 heteroatoms. The smallest absolute Gasteiger partial charge is 0.357 e. The molecular weight excluding hydrogens is 462 g/mol. The molecular formula is C24H28ClN3O6. The predicted octanol–water partition coefficient (Wildman–Crippen LogP) is 2.44. The third-order valence-electron chi connectivity index (χ3n) is 5.78. The van der Waals surface area contributed by atoms with E-state index in [9.17, 15) is 9.59 Å². The second-order valence-electron chi connectivity index (χ2n) is 7.50. The van der Waals surface area contributed by atoms with Gasteiger partial charge in [0.1, 0.15) is 0 Å². The first kappa shape index (κ1) is 25.2. The fourth-order valence-electron chi connectivity index (χ4n) is 4.26. The van der Waals surface area contributed by atoms with Gasteiger partial charge in [0.2, 0.25) is 5.75 Å². The lowest BCUT2D eigenvalue weighted by Crippen LogP contribution is -2.54. The number of rotatable bonds is 6. The second kappa shape index (κ2) is 10.7. The highest BCUT2D eigenvalue weighted by molar-refractivity contribution is 6.07. The van der Waals surface area contributed by atoms with E-state index in [2.05, 4.69) is 5.32 Å². The van der Waals surface area contributed by atoms with Crippen LogP contribution in [0.4, 0.5) is 0 Å². The number of aromatic nitrogens is 1. The van der Waals surface area contributed by atoms with Gasteiger partial charge in [-0.25, -0.2) is 9.47 Å². The second-order valence-corrected chi connectivity index (χ2v) is 7.50. The molecule has 0 radical (unpaired) electrons. The molecule has 0 aliphatic carbocycles. The third kappa shape index (κ3) is 4.24. The van der Waals surface area contributed by atoms with Gasteiger partial charge in [-0.1, -0.05) is 18.2 Å². The third-order valence-corrected chi connectivity index (χ3v) is 5.78. The van der Waals surface area contributed by atoms with Crippen molar-refractivity contribution in [2.24, 2.45) is 0 Å². The van der Waals surface area contributed by atoms with Crippen molar-refractivity contribution >= 4 is 29.1 Å². The number of nitrogens with zero attached hydrogens (tertiary/aromatic N) is 2. The molecule has 3 aromatic rings. The van der Waals surface area contributed by atoms with Crippen molar-refractivity contribution < 1.29 is 23.7 Å². The van der Waals surface area contributed by atoms with E-state index in [1.165, 1.54) is 33.1 Å². The molecule has 1 saturated heterocycles. The summed E-state index contributed by atoms with van der Waals surface area (Å²) < 4.78 is 23.2. The first-order valence-corrected chi connectivity index (χ1v) is 10.6. The van der Waals surface area contributed by atoms with Crippen LogP contribution in [0.15, 0.2) is 41.2 Å². The van der Waals surface area contributed by atoms with Gasteiger partial charge in [-0.15, -0.1) is 12.4 Å². The molecule has 9 nitrogen and oxygen atoms in total. The van der Waals surface area contributed by atoms with Crippen molar-refractivity contribution in [2.45, 2.75) is 0 Å². The van der Waals surface area contributed by atoms with E-state index >= 15 is 0 Å². The lowest BCUT2D eigenvalue weighted by molar-refractivity contribution is 0.0587. The maximum absolute atomic E-state index is 13.6. The number of hydrogen-bond donors (Lipinski definition) is 1. The number of methoxy groups -OCH3 is 4. The Hall–Kier alpha value is -3.43. The Labute approximate surface area is 203 Å². The van der Waals surface area contributed by atoms with Crippen molar-refractivity contribution in [3.05, 3.63) is 52.4 Å². The number of carbonyl (C=O) groups excluding carboxylic acids is 1. The van der Waals surface area contributed by atoms with Crippen molar-refractivity contribution in [3.63, 3.8) is 0 Å². The molecule has 182 valence electrons. The Balaban J connectivity index is 0.00000324. The van der Waals surface area contributed by atoms with Gasteiger partial charge in [-0.05, 0) is 29.1 Å². The van der Waals surface area contributed by atoms with Crippen molar-refractivity contribution in [1.82, 2.24) is 9.99 Å². The molecule has 4 rings (SSSR count). The molecule has 1 aliphatic rings. The lowest BCUT2D eigenvalue weighted by Gasteiger charge is -2.33. The number of hydrogen-bond acceptors (Lipinski definition) is 8. The van der Waals surface area contributed by atoms with Gasteiger partial charge >= 0.3 is 5.97 Å². The van der Waals surface area contributed by atoms with Crippen molar-refractivity contribution in [3.8, 4) is 28.4 Å². The quantitative estimate of drug-likeness (QED) is 0.528. The van der Waals surface area contributed by atoms with Gasteiger partial charge in [0.25, 0.3) is 5.56 Å². The van der Waals surface area contributed by atoms with Crippen LogP contribution < -0.4 is 30.1 Å². The molecule has 2 aromatic carbocycles. The van der Waals surface area contributed by atoms with Crippen LogP contribution in [0.2, 0.25) is 0 Å². The number of piperazine rings is 1. The van der Waals surface area contributed by atoms with E-state index in [1.54, 1.807) is 18.2 Å². The number of halogens is 1. The molecule has 0 saturated carbocycles. The van der Waals surface area contributed by atoms with Crippen LogP contribution >= 0.6 is 12.4 Å². The topological polar surface area (TPSA) is 91.3 Å². The highest BCUT2D eigenvalue weighted by Crippen LogP contribution is 2.43. The van der Waals surface area contributed by atoms with Gasteiger partial charge in [-0.3, -0.25) is 4.79 Å². The molecule has 2 heterocycles. The number of carbonyl (C=O) groups is 1. The summed E-state index contributed by atoms with van der Waals surface area (Å²) in [6.07, 6.45) is 0. The van der Waals surface area contributed by atoms with E-state index in [1.807, 2.05) is 23.2 Å². The van der Waals surface area contributed by atoms with Crippen LogP contribution in [0, 0.1) is 0 Å². The molecule has 0 bridgehead atoms. The number of esters is 1. The summed E-state index contributed by atoms with van der Waals surface area (Å²) in [5.74, 6) is 0.696. The van der Waals surface area contributed by atoms with Crippen LogP contribution in [0.3, 0.4) is 0 Å². The summed E-state index contributed by atoms with van der Waals surface area (Å²) in [5.41, 5.74) is 1.06. The normalized spacial score (nSPS) is 13.2. The SMILES string of the molecule is COC(=O)c1c(-c2cc(OC)c(OC)c(OC)c2)c2ccccc2c(=O)n1N1CCNCC1.Cl. The van der Waals surface area contributed by atoms with Crippen LogP contribution in [-0.4, -0.2) is 65.3 Å². The molecule has 1 aliphatic heterocycles. The largest absolute Gasteiger partial charge is 0.493 e. The average molecular weight is 490 g/mol. The summed E-state index contributed by atoms with van der Waals surface area (Å²) in [7, 11) is 5.90. The Morgan fingerprint density at radius 3 is 2.03 bits per heavy atom. The van der Waals surface area contributed by atoms with Gasteiger partial charge in [0.05, 0.1) is 28.4 Å². The Morgan fingerprint density at radius 2 is 1.50 bits per heavy atom. The van der Waals surface area contributed by atoms with Gasteiger partial charge in [-0.2, -0.15) is 0 Å². The first-order chi connectivity index (χ1) is 16.0. The number of ether oxygens (including phenoxy) is 4. The first-order valence-electron chi connectivity index (χ1n) is 10.6. The molecule has 1 aromatic heterocycles. The van der Waals surface area contributed by atoms with Crippen LogP contribution in [0.25, 0.3) is 21.9 Å². The Kier molecular flexibility index (Phi) is 7.90. The number of nitrogens with one attached hydrogen (secondary N) is 1. The zero-order chi connectivity index (χ0) is 23.5. The van der Waals surface area contributed by atoms with E-state index in [0.29, 0.717) is 65.3 Å². The minimum absolute atomic E-state index is 0. The molecule has 1 fully saturated rings. The molecule has 34 heavy (non-hydrogen) atoms. The van der Waals surface area contributed by atoms with Gasteiger partial charge in [0, 0.05) is 37.1 Å². The zero-order valence-corrected chi connectivity index (χ0v) is 20.4. The fourth-order valence-corrected chi connectivity index (χ4v) is 4.26. The maximum atomic E-state index is 13.6. The van der Waals surface area contributed by atoms with Gasteiger partial charge in [0.15, 0.2) is 17.2 Å². The summed E-state index contributed by atoms with van der Waals surface area (Å²) >= 11 is 0. The Bertz CT molecular complexity index is 1230. The standard InChI is InChI=1S/C24H27N3O6.ClH/c1-30-18-13-15(14-19(31-2)22(18)32-3)20-16-7-5-6-8-17(16)23(28)27(21(20)24(29)33-4)26-11-9-25-10-12-26;/h5-8,13-14,25H,9-12H2,1-4H3;1H. The highest BCUT2D eigenvalue weighted by Gasteiger charge is 2.28. The molecule has 0 atom stereocenters. The van der Waals surface area contributed by atoms with E-state index < -0.39 is 5.97 Å². The van der Waals surface area contributed by atoms with Crippen molar-refractivity contribution in [2.75, 3.05) is 59.6 Å². The van der Waals surface area contributed by atoms with Crippen molar-refractivity contribution in [1.29, 1.82) is 0 Å². The molecule has 0 spiro atoms. The summed E-state index contributed by atoms with van der Waals surface area (Å²) in [4.78, 5) is 26.8. The van der Waals surface area contributed by atoms with E-state index in [-0.39, 0.29) is 23.7 Å². The molecule has 0 amide bonds. The Morgan fingerprint density at radius 1 is 0.912 bits per heavy atom. The number of pyridine rings is 1. The molecule has 0 unspecified atom stereocenters. The van der Waals surface area contributed by atoms with E-state index in [0.717, 1.165) is 0 Å². The van der Waals surface area contributed by atoms with Crippen LogP contribution in [-0.2, 0) is 4.74 Å². The fraction of sp³-hybridized carbons (Fsp3) is 0.333. The summed E-state index contributed by atoms with van der Waals surface area (Å²) in [6.45, 7) is 2.52. The van der Waals surface area contributed by atoms with Gasteiger partial charge < -0.3 is 29.3 Å². The summed E-state index contributed by atoms with van der Waals surface area (Å²) in [5, 5.41) is 6.27. The minimum Gasteiger partial charge on any atom is -0.493 e. The zero-order valence-electron chi connectivity index (χ0n) is 19.5. The summed E-state index contributed by atoms with van der Waals surface area (Å²) in [6, 6.07) is 10.8. The minimum atomic E-state index is -0.611. The predicted molar refractivity (Wildman–Crippen MR) is 133 cm³/mol. The van der Waals surface area contributed by atoms with Crippen LogP contribution in [0.1, 0.15) is 10.5 Å². The van der Waals surface area contributed by atoms with Crippen LogP contribution in [0.5, 0.6) is 17.2 Å².